The van der Waals surface area contributed by atoms with Gasteiger partial charge in [0.25, 0.3) is 5.91 Å². The molecule has 1 aromatic heterocycles. The summed E-state index contributed by atoms with van der Waals surface area (Å²) in [6, 6.07) is 5.42. The first kappa shape index (κ1) is 22.4. The van der Waals surface area contributed by atoms with Gasteiger partial charge in [-0.15, -0.1) is 6.42 Å². The van der Waals surface area contributed by atoms with Crippen molar-refractivity contribution in [3.05, 3.63) is 52.2 Å². The first-order chi connectivity index (χ1) is 14.5. The summed E-state index contributed by atoms with van der Waals surface area (Å²) in [7, 11) is 0. The van der Waals surface area contributed by atoms with Crippen LogP contribution in [0.15, 0.2) is 30.3 Å². The molecular weight excluding hydrogens is 433 g/mol. The third-order valence-corrected chi connectivity index (χ3v) is 5.13. The number of pyridine rings is 1. The molecule has 0 aliphatic carbocycles. The third-order valence-electron chi connectivity index (χ3n) is 4.70. The Bertz CT molecular complexity index is 1080. The van der Waals surface area contributed by atoms with Crippen LogP contribution in [0.5, 0.6) is 0 Å². The molecule has 1 unspecified atom stereocenters. The molecule has 0 spiro atoms. The normalized spacial score (nSPS) is 16.1. The predicted molar refractivity (Wildman–Crippen MR) is 110 cm³/mol. The standard InChI is InChI=1S/C21H18ClF3N4O2/c1-4-7-28(15-5-6-16(22)12(2)8-15)20(31)17-11-19(30)27-29(17)18-10-14(21(23,24)25)9-13(3)26-18/h1,5-6,8-10,17H,7,11H2,2-3H3,(H,27,30). The monoisotopic (exact) mass is 450 g/mol. The molecule has 1 saturated heterocycles. The highest BCUT2D eigenvalue weighted by molar-refractivity contribution is 6.31. The highest BCUT2D eigenvalue weighted by atomic mass is 35.5. The van der Waals surface area contributed by atoms with E-state index in [0.717, 1.165) is 17.1 Å². The lowest BCUT2D eigenvalue weighted by Gasteiger charge is -2.29. The zero-order chi connectivity index (χ0) is 22.9. The Kier molecular flexibility index (Phi) is 6.13. The van der Waals surface area contributed by atoms with Gasteiger partial charge in [0.05, 0.1) is 18.5 Å². The van der Waals surface area contributed by atoms with Crippen LogP contribution in [0.3, 0.4) is 0 Å². The van der Waals surface area contributed by atoms with Crippen molar-refractivity contribution in [2.75, 3.05) is 16.5 Å². The highest BCUT2D eigenvalue weighted by Crippen LogP contribution is 2.33. The summed E-state index contributed by atoms with van der Waals surface area (Å²) < 4.78 is 39.7. The fraction of sp³-hybridized carbons (Fsp3) is 0.286. The molecule has 10 heteroatoms. The Balaban J connectivity index is 2.00. The number of benzene rings is 1. The van der Waals surface area contributed by atoms with E-state index in [-0.39, 0.29) is 24.5 Å². The maximum Gasteiger partial charge on any atom is 0.416 e. The van der Waals surface area contributed by atoms with Gasteiger partial charge in [-0.3, -0.25) is 24.9 Å². The van der Waals surface area contributed by atoms with Crippen molar-refractivity contribution in [3.8, 4) is 12.3 Å². The van der Waals surface area contributed by atoms with Crippen molar-refractivity contribution in [3.63, 3.8) is 0 Å². The van der Waals surface area contributed by atoms with Crippen molar-refractivity contribution in [1.82, 2.24) is 10.4 Å². The van der Waals surface area contributed by atoms with Gasteiger partial charge >= 0.3 is 6.18 Å². The van der Waals surface area contributed by atoms with Gasteiger partial charge < -0.3 is 0 Å². The average molecular weight is 451 g/mol. The maximum absolute atomic E-state index is 13.3. The lowest BCUT2D eigenvalue weighted by atomic mass is 10.1. The number of halogens is 4. The molecule has 1 aliphatic rings. The van der Waals surface area contributed by atoms with E-state index in [2.05, 4.69) is 16.3 Å². The van der Waals surface area contributed by atoms with Gasteiger partial charge in [0.2, 0.25) is 5.91 Å². The van der Waals surface area contributed by atoms with Crippen LogP contribution in [-0.4, -0.2) is 29.4 Å². The van der Waals surface area contributed by atoms with Gasteiger partial charge in [-0.25, -0.2) is 4.98 Å². The number of hydrazine groups is 1. The lowest BCUT2D eigenvalue weighted by molar-refractivity contribution is -0.137. The minimum atomic E-state index is -4.61. The minimum absolute atomic E-state index is 0.0889. The van der Waals surface area contributed by atoms with Crippen LogP contribution in [-0.2, 0) is 15.8 Å². The molecule has 1 aromatic carbocycles. The fourth-order valence-electron chi connectivity index (χ4n) is 3.24. The van der Waals surface area contributed by atoms with Crippen molar-refractivity contribution < 1.29 is 22.8 Å². The summed E-state index contributed by atoms with van der Waals surface area (Å²) in [6.07, 6.45) is 0.559. The topological polar surface area (TPSA) is 65.5 Å². The molecule has 2 heterocycles. The molecule has 6 nitrogen and oxygen atoms in total. The SMILES string of the molecule is C#CCN(C(=O)C1CC(=O)NN1c1cc(C(F)(F)F)cc(C)n1)c1ccc(Cl)c(C)c1. The van der Waals surface area contributed by atoms with Gasteiger partial charge in [0.1, 0.15) is 11.9 Å². The van der Waals surface area contributed by atoms with E-state index in [9.17, 15) is 22.8 Å². The molecule has 3 rings (SSSR count). The molecule has 0 radical (unpaired) electrons. The van der Waals surface area contributed by atoms with Gasteiger partial charge in [-0.2, -0.15) is 13.2 Å². The Hall–Kier alpha value is -3.25. The molecule has 0 saturated carbocycles. The molecule has 0 bridgehead atoms. The second-order valence-electron chi connectivity index (χ2n) is 7.04. The molecule has 1 atom stereocenters. The largest absolute Gasteiger partial charge is 0.416 e. The number of rotatable bonds is 4. The van der Waals surface area contributed by atoms with E-state index < -0.39 is 29.6 Å². The van der Waals surface area contributed by atoms with Gasteiger partial charge in [-0.1, -0.05) is 17.5 Å². The predicted octanol–water partition coefficient (Wildman–Crippen LogP) is 3.65. The van der Waals surface area contributed by atoms with Crippen LogP contribution >= 0.6 is 11.6 Å². The average Bonchev–Trinajstić information content (AvgIpc) is 3.08. The first-order valence-electron chi connectivity index (χ1n) is 9.17. The summed E-state index contributed by atoms with van der Waals surface area (Å²) in [6.45, 7) is 3.05. The zero-order valence-corrected chi connectivity index (χ0v) is 17.4. The van der Waals surface area contributed by atoms with E-state index >= 15 is 0 Å². The number of aromatic nitrogens is 1. The van der Waals surface area contributed by atoms with Crippen LogP contribution in [0.4, 0.5) is 24.7 Å². The Labute approximate surface area is 182 Å². The zero-order valence-electron chi connectivity index (χ0n) is 16.6. The van der Waals surface area contributed by atoms with E-state index in [1.165, 1.54) is 11.8 Å². The van der Waals surface area contributed by atoms with Crippen LogP contribution in [0, 0.1) is 26.2 Å². The summed E-state index contributed by atoms with van der Waals surface area (Å²) >= 11 is 6.05. The quantitative estimate of drug-likeness (QED) is 0.722. The molecule has 1 aliphatic heterocycles. The first-order valence-corrected chi connectivity index (χ1v) is 9.54. The van der Waals surface area contributed by atoms with Crippen LogP contribution in [0.25, 0.3) is 0 Å². The number of carbonyl (C=O) groups excluding carboxylic acids is 2. The number of terminal acetylenes is 1. The Morgan fingerprint density at radius 1 is 1.35 bits per heavy atom. The Morgan fingerprint density at radius 3 is 2.68 bits per heavy atom. The van der Waals surface area contributed by atoms with Gasteiger partial charge in [0.15, 0.2) is 0 Å². The number of hydrogen-bond acceptors (Lipinski definition) is 4. The van der Waals surface area contributed by atoms with E-state index in [1.807, 2.05) is 0 Å². The smallest absolute Gasteiger partial charge is 0.299 e. The van der Waals surface area contributed by atoms with Crippen LogP contribution in [0.2, 0.25) is 5.02 Å². The highest BCUT2D eigenvalue weighted by Gasteiger charge is 2.41. The van der Waals surface area contributed by atoms with Crippen molar-refractivity contribution in [2.24, 2.45) is 0 Å². The fourth-order valence-corrected chi connectivity index (χ4v) is 3.36. The minimum Gasteiger partial charge on any atom is -0.299 e. The summed E-state index contributed by atoms with van der Waals surface area (Å²) in [5, 5.41) is 1.55. The summed E-state index contributed by atoms with van der Waals surface area (Å²) in [5.74, 6) is 1.12. The second kappa shape index (κ2) is 8.47. The summed E-state index contributed by atoms with van der Waals surface area (Å²) in [4.78, 5) is 30.8. The number of carbonyl (C=O) groups is 2. The molecular formula is C21H18ClF3N4O2. The Morgan fingerprint density at radius 2 is 2.06 bits per heavy atom. The third kappa shape index (κ3) is 4.75. The number of nitrogens with zero attached hydrogens (tertiary/aromatic N) is 3. The van der Waals surface area contributed by atoms with Crippen molar-refractivity contribution >= 4 is 34.9 Å². The number of anilines is 2. The molecule has 2 amide bonds. The number of aryl methyl sites for hydroxylation is 2. The van der Waals surface area contributed by atoms with Gasteiger partial charge in [-0.05, 0) is 49.7 Å². The number of amides is 2. The molecule has 162 valence electrons. The molecule has 2 aromatic rings. The van der Waals surface area contributed by atoms with Crippen LogP contribution in [0.1, 0.15) is 23.2 Å². The van der Waals surface area contributed by atoms with E-state index in [1.54, 1.807) is 25.1 Å². The molecule has 1 N–H and O–H groups in total. The number of alkyl halides is 3. The number of hydrogen-bond donors (Lipinski definition) is 1. The van der Waals surface area contributed by atoms with Crippen LogP contribution < -0.4 is 15.3 Å². The lowest BCUT2D eigenvalue weighted by Crippen LogP contribution is -2.49. The molecule has 31 heavy (non-hydrogen) atoms. The summed E-state index contributed by atoms with van der Waals surface area (Å²) in [5.41, 5.74) is 2.74. The van der Waals surface area contributed by atoms with Gasteiger partial charge in [0, 0.05) is 16.4 Å². The number of nitrogens with one attached hydrogen (secondary N) is 1. The maximum atomic E-state index is 13.3. The van der Waals surface area contributed by atoms with Crippen molar-refractivity contribution in [1.29, 1.82) is 0 Å². The van der Waals surface area contributed by atoms with Crippen molar-refractivity contribution in [2.45, 2.75) is 32.5 Å². The van der Waals surface area contributed by atoms with E-state index in [4.69, 9.17) is 18.0 Å². The molecule has 1 fully saturated rings. The van der Waals surface area contributed by atoms with E-state index in [0.29, 0.717) is 16.3 Å². The second-order valence-corrected chi connectivity index (χ2v) is 7.45.